The first kappa shape index (κ1) is 24.2. The molecule has 1 aliphatic heterocycles. The number of ether oxygens (including phenoxy) is 1. The Kier molecular flexibility index (Phi) is 6.96. The molecule has 1 aromatic heterocycles. The standard InChI is InChI=1S/C23H24FN3O5S2/c1-3-32-20(28)14-26-21-17(24)6-4-8-19(21)33-23(26)25-22(29)18-7-5-13-27(18)34(30,31)16-11-9-15(2)10-12-16/h4,6,8-12,18H,3,5,7,13-14H2,1-2H3. The fourth-order valence-corrected chi connectivity index (χ4v) is 6.64. The summed E-state index contributed by atoms with van der Waals surface area (Å²) >= 11 is 1.05. The number of hydrogen-bond donors (Lipinski definition) is 0. The van der Waals surface area contributed by atoms with Crippen molar-refractivity contribution in [1.82, 2.24) is 8.87 Å². The van der Waals surface area contributed by atoms with Crippen LogP contribution in [0.2, 0.25) is 0 Å². The molecule has 1 aliphatic rings. The van der Waals surface area contributed by atoms with Gasteiger partial charge in [-0.1, -0.05) is 35.1 Å². The Balaban J connectivity index is 1.73. The zero-order valence-corrected chi connectivity index (χ0v) is 20.4. The van der Waals surface area contributed by atoms with Gasteiger partial charge in [-0.15, -0.1) is 0 Å². The highest BCUT2D eigenvalue weighted by molar-refractivity contribution is 7.89. The van der Waals surface area contributed by atoms with Crippen LogP contribution in [-0.4, -0.2) is 48.4 Å². The third kappa shape index (κ3) is 4.68. The van der Waals surface area contributed by atoms with Crippen molar-refractivity contribution < 1.29 is 27.1 Å². The smallest absolute Gasteiger partial charge is 0.326 e. The normalized spacial score (nSPS) is 17.4. The van der Waals surface area contributed by atoms with Crippen molar-refractivity contribution in [2.45, 2.75) is 44.2 Å². The second-order valence-corrected chi connectivity index (χ2v) is 10.8. The van der Waals surface area contributed by atoms with Crippen LogP contribution < -0.4 is 4.80 Å². The zero-order valence-electron chi connectivity index (χ0n) is 18.7. The van der Waals surface area contributed by atoms with Gasteiger partial charge in [0.15, 0.2) is 4.80 Å². The van der Waals surface area contributed by atoms with Gasteiger partial charge >= 0.3 is 5.97 Å². The summed E-state index contributed by atoms with van der Waals surface area (Å²) in [6.45, 7) is 3.55. The molecule has 1 amide bonds. The predicted octanol–water partition coefficient (Wildman–Crippen LogP) is 2.99. The SMILES string of the molecule is CCOC(=O)Cn1c(=NC(=O)C2CCCN2S(=O)(=O)c2ccc(C)cc2)sc2cccc(F)c21. The minimum Gasteiger partial charge on any atom is -0.465 e. The maximum absolute atomic E-state index is 14.6. The molecule has 0 bridgehead atoms. The molecule has 1 atom stereocenters. The fourth-order valence-electron chi connectivity index (χ4n) is 3.94. The largest absolute Gasteiger partial charge is 0.465 e. The lowest BCUT2D eigenvalue weighted by Crippen LogP contribution is -2.40. The number of carbonyl (C=O) groups is 2. The molecule has 0 saturated carbocycles. The summed E-state index contributed by atoms with van der Waals surface area (Å²) in [5.41, 5.74) is 1.06. The van der Waals surface area contributed by atoms with E-state index in [1.165, 1.54) is 33.1 Å². The average Bonchev–Trinajstić information content (AvgIpc) is 3.41. The number of para-hydroxylation sites is 1. The highest BCUT2D eigenvalue weighted by Crippen LogP contribution is 2.27. The van der Waals surface area contributed by atoms with Gasteiger partial charge in [0.1, 0.15) is 18.4 Å². The van der Waals surface area contributed by atoms with Crippen LogP contribution in [0.5, 0.6) is 0 Å². The van der Waals surface area contributed by atoms with Crippen molar-refractivity contribution in [2.75, 3.05) is 13.2 Å². The van der Waals surface area contributed by atoms with Crippen molar-refractivity contribution in [3.05, 3.63) is 58.6 Å². The van der Waals surface area contributed by atoms with Crippen LogP contribution in [-0.2, 0) is 30.9 Å². The van der Waals surface area contributed by atoms with Crippen LogP contribution in [0, 0.1) is 12.7 Å². The molecule has 2 aromatic carbocycles. The van der Waals surface area contributed by atoms with Crippen LogP contribution in [0.3, 0.4) is 0 Å². The quantitative estimate of drug-likeness (QED) is 0.480. The van der Waals surface area contributed by atoms with Crippen LogP contribution >= 0.6 is 11.3 Å². The van der Waals surface area contributed by atoms with Crippen molar-refractivity contribution in [1.29, 1.82) is 0 Å². The summed E-state index contributed by atoms with van der Waals surface area (Å²) in [7, 11) is -3.89. The maximum atomic E-state index is 14.6. The first-order chi connectivity index (χ1) is 16.2. The minimum absolute atomic E-state index is 0.109. The molecule has 0 aliphatic carbocycles. The molecule has 11 heteroatoms. The Morgan fingerprint density at radius 1 is 1.21 bits per heavy atom. The molecule has 0 spiro atoms. The first-order valence-corrected chi connectivity index (χ1v) is 13.1. The van der Waals surface area contributed by atoms with Gasteiger partial charge in [0, 0.05) is 6.54 Å². The lowest BCUT2D eigenvalue weighted by molar-refractivity contribution is -0.143. The Morgan fingerprint density at radius 3 is 2.65 bits per heavy atom. The monoisotopic (exact) mass is 505 g/mol. The Labute approximate surface area is 200 Å². The van der Waals surface area contributed by atoms with E-state index in [9.17, 15) is 22.4 Å². The van der Waals surface area contributed by atoms with Crippen LogP contribution in [0.25, 0.3) is 10.2 Å². The van der Waals surface area contributed by atoms with Gasteiger partial charge < -0.3 is 9.30 Å². The van der Waals surface area contributed by atoms with E-state index in [0.29, 0.717) is 17.5 Å². The number of aryl methyl sites for hydroxylation is 1. The van der Waals surface area contributed by atoms with Gasteiger partial charge in [0.25, 0.3) is 5.91 Å². The topological polar surface area (TPSA) is 98.0 Å². The number of hydrogen-bond acceptors (Lipinski definition) is 6. The van der Waals surface area contributed by atoms with Gasteiger partial charge in [-0.05, 0) is 51.0 Å². The lowest BCUT2D eigenvalue weighted by atomic mass is 10.2. The average molecular weight is 506 g/mol. The van der Waals surface area contributed by atoms with E-state index in [1.807, 2.05) is 6.92 Å². The number of aromatic nitrogens is 1. The fraction of sp³-hybridized carbons (Fsp3) is 0.348. The van der Waals surface area contributed by atoms with Gasteiger partial charge in [-0.25, -0.2) is 12.8 Å². The van der Waals surface area contributed by atoms with Gasteiger partial charge in [-0.3, -0.25) is 9.59 Å². The van der Waals surface area contributed by atoms with E-state index in [4.69, 9.17) is 4.74 Å². The van der Waals surface area contributed by atoms with Crippen LogP contribution in [0.1, 0.15) is 25.3 Å². The number of rotatable bonds is 6. The van der Waals surface area contributed by atoms with Gasteiger partial charge in [-0.2, -0.15) is 9.30 Å². The number of carbonyl (C=O) groups excluding carboxylic acids is 2. The summed E-state index contributed by atoms with van der Waals surface area (Å²) < 4.78 is 49.0. The molecule has 3 aromatic rings. The predicted molar refractivity (Wildman–Crippen MR) is 125 cm³/mol. The van der Waals surface area contributed by atoms with E-state index in [2.05, 4.69) is 4.99 Å². The van der Waals surface area contributed by atoms with Crippen molar-refractivity contribution in [2.24, 2.45) is 4.99 Å². The zero-order chi connectivity index (χ0) is 24.5. The molecular formula is C23H24FN3O5S2. The van der Waals surface area contributed by atoms with E-state index in [-0.39, 0.29) is 34.9 Å². The molecule has 0 radical (unpaired) electrons. The number of sulfonamides is 1. The second-order valence-electron chi connectivity index (χ2n) is 7.90. The molecule has 2 heterocycles. The summed E-state index contributed by atoms with van der Waals surface area (Å²) in [6, 6.07) is 9.92. The first-order valence-electron chi connectivity index (χ1n) is 10.8. The molecular weight excluding hydrogens is 481 g/mol. The van der Waals surface area contributed by atoms with E-state index >= 15 is 0 Å². The third-order valence-corrected chi connectivity index (χ3v) is 8.53. The van der Waals surface area contributed by atoms with Gasteiger partial charge in [0.05, 0.1) is 21.7 Å². The molecule has 4 rings (SSSR count). The highest BCUT2D eigenvalue weighted by Gasteiger charge is 2.39. The van der Waals surface area contributed by atoms with Crippen LogP contribution in [0.4, 0.5) is 4.39 Å². The maximum Gasteiger partial charge on any atom is 0.326 e. The molecule has 180 valence electrons. The molecule has 1 fully saturated rings. The molecule has 1 saturated heterocycles. The Morgan fingerprint density at radius 2 is 1.94 bits per heavy atom. The van der Waals surface area contributed by atoms with Gasteiger partial charge in [0.2, 0.25) is 10.0 Å². The number of nitrogens with zero attached hydrogens (tertiary/aromatic N) is 3. The summed E-state index contributed by atoms with van der Waals surface area (Å²) in [5.74, 6) is -1.81. The molecule has 1 unspecified atom stereocenters. The number of esters is 1. The highest BCUT2D eigenvalue weighted by atomic mass is 32.2. The summed E-state index contributed by atoms with van der Waals surface area (Å²) in [6.07, 6.45) is 0.839. The van der Waals surface area contributed by atoms with E-state index in [0.717, 1.165) is 16.9 Å². The number of thiazole rings is 1. The summed E-state index contributed by atoms with van der Waals surface area (Å²) in [5, 5.41) is 0. The minimum atomic E-state index is -3.89. The van der Waals surface area contributed by atoms with E-state index < -0.39 is 33.8 Å². The Hall–Kier alpha value is -2.89. The number of fused-ring (bicyclic) bond motifs is 1. The number of benzene rings is 2. The molecule has 0 N–H and O–H groups in total. The van der Waals surface area contributed by atoms with Crippen molar-refractivity contribution in [3.8, 4) is 0 Å². The molecule has 34 heavy (non-hydrogen) atoms. The summed E-state index contributed by atoms with van der Waals surface area (Å²) in [4.78, 5) is 29.7. The van der Waals surface area contributed by atoms with Crippen LogP contribution in [0.15, 0.2) is 52.4 Å². The second kappa shape index (κ2) is 9.77. The number of amides is 1. The Bertz CT molecular complexity index is 1410. The molecule has 8 nitrogen and oxygen atoms in total. The van der Waals surface area contributed by atoms with Crippen molar-refractivity contribution >= 4 is 43.5 Å². The number of halogens is 1. The lowest BCUT2D eigenvalue weighted by Gasteiger charge is -2.21. The third-order valence-electron chi connectivity index (χ3n) is 5.57. The van der Waals surface area contributed by atoms with Crippen molar-refractivity contribution in [3.63, 3.8) is 0 Å². The van der Waals surface area contributed by atoms with E-state index in [1.54, 1.807) is 25.1 Å².